The Hall–Kier alpha value is -9.90. The van der Waals surface area contributed by atoms with Gasteiger partial charge in [0.1, 0.15) is 48.6 Å². The smallest absolute Gasteiger partial charge is 0.421 e. The second-order valence-electron chi connectivity index (χ2n) is 20.2. The molecule has 1 N–H and O–H groups in total. The number of esters is 1. The summed E-state index contributed by atoms with van der Waals surface area (Å²) < 4.78 is 32.2. The highest BCUT2D eigenvalue weighted by Gasteiger charge is 2.76. The summed E-state index contributed by atoms with van der Waals surface area (Å²) in [5.74, 6) is 3.78. The minimum Gasteiger partial charge on any atom is -0.493 e. The highest BCUT2D eigenvalue weighted by molar-refractivity contribution is 6.23. The van der Waals surface area contributed by atoms with Gasteiger partial charge in [-0.2, -0.15) is 0 Å². The Balaban J connectivity index is 1.11. The normalized spacial score (nSPS) is 20.7. The molecule has 1 spiro atoms. The topological polar surface area (TPSA) is 218 Å². The lowest BCUT2D eigenvalue weighted by Crippen LogP contribution is -2.57. The van der Waals surface area contributed by atoms with E-state index in [1.807, 2.05) is 102 Å². The van der Waals surface area contributed by atoms with Gasteiger partial charge in [-0.25, -0.2) is 14.4 Å². The van der Waals surface area contributed by atoms with Crippen molar-refractivity contribution in [1.82, 2.24) is 24.8 Å². The lowest BCUT2D eigenvalue weighted by molar-refractivity contribution is -0.384. The Morgan fingerprint density at radius 3 is 2.23 bits per heavy atom. The second-order valence-corrected chi connectivity index (χ2v) is 20.2. The first kappa shape index (κ1) is 52.8. The number of hydrogen-bond acceptors (Lipinski definition) is 15. The molecular weight excluding hydrogens is 1050 g/mol. The number of amides is 3. The summed E-state index contributed by atoms with van der Waals surface area (Å²) in [6, 6.07) is 43.5. The number of rotatable bonds is 13. The van der Waals surface area contributed by atoms with Gasteiger partial charge in [-0.1, -0.05) is 108 Å². The van der Waals surface area contributed by atoms with Crippen molar-refractivity contribution in [1.29, 1.82) is 0 Å². The number of anilines is 1. The molecule has 0 bridgehead atoms. The molecule has 0 radical (unpaired) electrons. The van der Waals surface area contributed by atoms with Crippen molar-refractivity contribution in [3.05, 3.63) is 218 Å². The van der Waals surface area contributed by atoms with Gasteiger partial charge in [0.05, 0.1) is 55.0 Å². The largest absolute Gasteiger partial charge is 0.493 e. The molecule has 0 unspecified atom stereocenters. The Morgan fingerprint density at radius 1 is 0.805 bits per heavy atom. The predicted octanol–water partition coefficient (Wildman–Crippen LogP) is 8.37. The van der Waals surface area contributed by atoms with Gasteiger partial charge in [-0.15, -0.1) is 5.10 Å². The van der Waals surface area contributed by atoms with Crippen molar-refractivity contribution in [2.45, 2.75) is 55.8 Å². The Morgan fingerprint density at radius 2 is 1.50 bits per heavy atom. The van der Waals surface area contributed by atoms with Crippen molar-refractivity contribution >= 4 is 46.3 Å². The van der Waals surface area contributed by atoms with Gasteiger partial charge in [0, 0.05) is 36.3 Å². The molecule has 0 aliphatic carbocycles. The molecule has 412 valence electrons. The molecule has 4 aliphatic heterocycles. The van der Waals surface area contributed by atoms with Crippen molar-refractivity contribution < 1.29 is 52.9 Å². The zero-order chi connectivity index (χ0) is 56.6. The number of ether oxygens (including phenoxy) is 5. The first-order valence-corrected chi connectivity index (χ1v) is 26.6. The summed E-state index contributed by atoms with van der Waals surface area (Å²) in [6.45, 7) is -0.602. The highest BCUT2D eigenvalue weighted by Crippen LogP contribution is 2.67. The van der Waals surface area contributed by atoms with Crippen LogP contribution >= 0.6 is 0 Å². The predicted molar refractivity (Wildman–Crippen MR) is 297 cm³/mol. The third-order valence-corrected chi connectivity index (χ3v) is 15.9. The molecule has 2 saturated heterocycles. The number of methoxy groups -OCH3 is 2. The number of carbonyl (C=O) groups is 4. The monoisotopic (exact) mass is 1100 g/mol. The summed E-state index contributed by atoms with van der Waals surface area (Å²) in [5, 5.41) is 30.5. The molecule has 2 fully saturated rings. The van der Waals surface area contributed by atoms with Crippen LogP contribution in [-0.4, -0.2) is 98.7 Å². The van der Waals surface area contributed by atoms with Gasteiger partial charge in [0.15, 0.2) is 11.5 Å². The number of nitro benzene ring substituents is 1. The van der Waals surface area contributed by atoms with Gasteiger partial charge < -0.3 is 33.7 Å². The van der Waals surface area contributed by atoms with Gasteiger partial charge in [-0.05, 0) is 100 Å². The molecule has 19 heteroatoms. The van der Waals surface area contributed by atoms with Crippen LogP contribution in [0.1, 0.15) is 62.7 Å². The number of carbonyl (C=O) groups excluding carboxylic acids is 4. The molecule has 82 heavy (non-hydrogen) atoms. The molecule has 19 nitrogen and oxygen atoms in total. The number of fused-ring (bicyclic) bond motifs is 5. The van der Waals surface area contributed by atoms with Gasteiger partial charge >= 0.3 is 12.1 Å². The SMILES string of the molecule is COc1cc2c(cc1OC)CN(C(=O)[C@H]1[C@@H]3C(=O)O[C@@H](c4ccccc4)[C@@H](c4ccccc4)N3[C@@H](c3ccccc3OCCO)[C@]13C(=O)N(C(=O)OCc1ccc([N+](=O)[O-])cc1)c1ccc(C#CCn4nnc5ccccc54)cc13)CC2. The standard InChI is InChI=1S/C63H53N7O12/c1-78-52-35-43-29-31-66(37-44(43)36-53(52)79-2)59(72)54-56-60(73)82-57(42-17-7-4-8-18-42)55(41-15-5-3-6-16-41)69(56)58(46-19-9-12-22-51(46)80-33-32-71)63(54)47-34-39(14-13-30-67-50-21-11-10-20-48(50)64-65-67)25-28-49(47)68(61(63)74)62(75)81-38-40-23-26-45(27-24-40)70(76)77/h3-12,15-28,34-36,54-58,71H,29-33,37-38H2,1-2H3/t54-,55-,56-,57+,58+,63-/m1/s1. The summed E-state index contributed by atoms with van der Waals surface area (Å²) in [7, 11) is 3.07. The summed E-state index contributed by atoms with van der Waals surface area (Å²) >= 11 is 0. The fourth-order valence-corrected chi connectivity index (χ4v) is 12.4. The van der Waals surface area contributed by atoms with E-state index in [1.165, 1.54) is 31.4 Å². The summed E-state index contributed by atoms with van der Waals surface area (Å²) in [6.07, 6.45) is -1.76. The lowest BCUT2D eigenvalue weighted by atomic mass is 9.64. The van der Waals surface area contributed by atoms with E-state index in [9.17, 15) is 15.2 Å². The van der Waals surface area contributed by atoms with E-state index in [0.29, 0.717) is 51.3 Å². The number of nitro groups is 1. The van der Waals surface area contributed by atoms with Crippen molar-refractivity contribution in [2.24, 2.45) is 5.92 Å². The zero-order valence-electron chi connectivity index (χ0n) is 44.5. The number of cyclic esters (lactones) is 1. The molecule has 6 atom stereocenters. The molecule has 5 heterocycles. The molecule has 4 aliphatic rings. The van der Waals surface area contributed by atoms with Crippen LogP contribution in [0.25, 0.3) is 11.0 Å². The van der Waals surface area contributed by atoms with E-state index in [-0.39, 0.29) is 55.5 Å². The molecule has 3 amide bonds. The van der Waals surface area contributed by atoms with Crippen LogP contribution in [0.2, 0.25) is 0 Å². The van der Waals surface area contributed by atoms with E-state index >= 15 is 19.2 Å². The molecule has 8 aromatic rings. The minimum absolute atomic E-state index is 0.0447. The number of imide groups is 1. The van der Waals surface area contributed by atoms with Crippen LogP contribution in [0.15, 0.2) is 164 Å². The van der Waals surface area contributed by atoms with Crippen LogP contribution in [0.5, 0.6) is 17.2 Å². The van der Waals surface area contributed by atoms with Crippen molar-refractivity contribution in [3.63, 3.8) is 0 Å². The van der Waals surface area contributed by atoms with Gasteiger partial charge in [0.2, 0.25) is 11.8 Å². The third-order valence-electron chi connectivity index (χ3n) is 15.9. The second kappa shape index (κ2) is 22.0. The summed E-state index contributed by atoms with van der Waals surface area (Å²) in [5.41, 5.74) is 3.46. The fraction of sp³-hybridized carbons (Fsp3) is 0.238. The Labute approximate surface area is 470 Å². The number of morpholine rings is 1. The Bertz CT molecular complexity index is 3870. The zero-order valence-corrected chi connectivity index (χ0v) is 44.5. The molecule has 1 aromatic heterocycles. The minimum atomic E-state index is -2.22. The number of para-hydroxylation sites is 2. The molecule has 0 saturated carbocycles. The number of benzene rings is 7. The first-order chi connectivity index (χ1) is 40.0. The number of hydrogen-bond donors (Lipinski definition) is 1. The number of non-ortho nitro benzene ring substituents is 1. The molecule has 12 rings (SSSR count). The van der Waals surface area contributed by atoms with Gasteiger partial charge in [-0.3, -0.25) is 29.4 Å². The van der Waals surface area contributed by atoms with E-state index < -0.39 is 71.0 Å². The lowest BCUT2D eigenvalue weighted by Gasteiger charge is -2.46. The van der Waals surface area contributed by atoms with Gasteiger partial charge in [0.25, 0.3) is 5.69 Å². The average molecular weight is 1100 g/mol. The average Bonchev–Trinajstić information content (AvgIpc) is 1.69. The van der Waals surface area contributed by atoms with E-state index in [1.54, 1.807) is 59.2 Å². The van der Waals surface area contributed by atoms with Crippen LogP contribution in [0, 0.1) is 27.9 Å². The van der Waals surface area contributed by atoms with Crippen LogP contribution in [0.4, 0.5) is 16.2 Å². The maximum Gasteiger partial charge on any atom is 0.421 e. The van der Waals surface area contributed by atoms with Crippen LogP contribution < -0.4 is 19.1 Å². The van der Waals surface area contributed by atoms with E-state index in [2.05, 4.69) is 22.2 Å². The van der Waals surface area contributed by atoms with Crippen LogP contribution in [-0.2, 0) is 55.4 Å². The number of aliphatic hydroxyl groups is 1. The highest BCUT2D eigenvalue weighted by atomic mass is 16.6. The van der Waals surface area contributed by atoms with Crippen LogP contribution in [0.3, 0.4) is 0 Å². The quantitative estimate of drug-likeness (QED) is 0.0496. The third kappa shape index (κ3) is 9.07. The first-order valence-electron chi connectivity index (χ1n) is 26.6. The Kier molecular flexibility index (Phi) is 14.1. The number of aromatic nitrogens is 3. The van der Waals surface area contributed by atoms with Crippen molar-refractivity contribution in [3.8, 4) is 29.1 Å². The maximum atomic E-state index is 17.1. The molecule has 7 aromatic carbocycles. The summed E-state index contributed by atoms with van der Waals surface area (Å²) in [4.78, 5) is 80.5. The number of aliphatic hydroxyl groups excluding tert-OH is 1. The molecular formula is C63H53N7O12. The van der Waals surface area contributed by atoms with Crippen molar-refractivity contribution in [2.75, 3.05) is 38.9 Å². The van der Waals surface area contributed by atoms with E-state index in [4.69, 9.17) is 23.7 Å². The van der Waals surface area contributed by atoms with E-state index in [0.717, 1.165) is 21.5 Å². The maximum absolute atomic E-state index is 17.1. The fourth-order valence-electron chi connectivity index (χ4n) is 12.4. The number of nitrogens with zero attached hydrogens (tertiary/aromatic N) is 7.